The number of carboxylic acid groups (broad SMARTS) is 1. The van der Waals surface area contributed by atoms with Crippen LogP contribution in [0.15, 0.2) is 36.5 Å². The van der Waals surface area contributed by atoms with E-state index in [1.807, 2.05) is 6.07 Å². The normalized spacial score (nSPS) is 10.9. The van der Waals surface area contributed by atoms with Gasteiger partial charge in [0, 0.05) is 11.8 Å². The van der Waals surface area contributed by atoms with Crippen molar-refractivity contribution in [2.75, 3.05) is 6.54 Å². The summed E-state index contributed by atoms with van der Waals surface area (Å²) in [5.41, 5.74) is 1.11. The molecular formula is C15H11N3O4. The van der Waals surface area contributed by atoms with Gasteiger partial charge in [0.05, 0.1) is 11.6 Å². The Bertz CT molecular complexity index is 836. The number of pyridine rings is 1. The number of aliphatic carboxylic acids is 1. The molecule has 0 fully saturated rings. The molecule has 110 valence electrons. The van der Waals surface area contributed by atoms with Gasteiger partial charge in [-0.3, -0.25) is 9.59 Å². The number of carboxylic acids is 1. The standard InChI is InChI=1S/C15H11N3O4/c16-6-9-2-1-3-10(4-9)11-5-12(19)14(17-7-11)15(22)18-8-13(20)21/h1-5,7,19H,8H2,(H,18,22)(H,20,21)/i/hD2. The summed E-state index contributed by atoms with van der Waals surface area (Å²) in [6.45, 7) is -0.768. The maximum atomic E-state index is 12.0. The monoisotopic (exact) mass is 299 g/mol. The van der Waals surface area contributed by atoms with Gasteiger partial charge in [-0.15, -0.1) is 0 Å². The van der Waals surface area contributed by atoms with Crippen LogP contribution in [0.4, 0.5) is 0 Å². The molecule has 3 N–H and O–H groups in total. The molecule has 0 aliphatic heterocycles. The first kappa shape index (κ1) is 12.3. The fourth-order valence-corrected chi connectivity index (χ4v) is 1.76. The number of nitrogens with zero attached hydrogens (tertiary/aromatic N) is 2. The number of rotatable bonds is 4. The maximum absolute atomic E-state index is 12.0. The van der Waals surface area contributed by atoms with Gasteiger partial charge in [0.1, 0.15) is 12.3 Å². The molecule has 0 radical (unpaired) electrons. The zero-order valence-corrected chi connectivity index (χ0v) is 11.2. The first-order valence-corrected chi connectivity index (χ1v) is 6.12. The van der Waals surface area contributed by atoms with Gasteiger partial charge < -0.3 is 15.5 Å². The highest BCUT2D eigenvalue weighted by molar-refractivity contribution is 5.96. The Kier molecular flexibility index (Phi) is 3.57. The molecule has 1 heterocycles. The lowest BCUT2D eigenvalue weighted by atomic mass is 10.0. The van der Waals surface area contributed by atoms with Crippen LogP contribution in [0.25, 0.3) is 12.6 Å². The second-order valence-electron chi connectivity index (χ2n) is 4.28. The Morgan fingerprint density at radius 2 is 2.23 bits per heavy atom. The Balaban J connectivity index is 2.28. The quantitative estimate of drug-likeness (QED) is 0.777. The number of nitriles is 1. The molecule has 7 heteroatoms. The van der Waals surface area contributed by atoms with Crippen molar-refractivity contribution < 1.29 is 21.2 Å². The number of nitrogens with one attached hydrogen (secondary N) is 1. The number of aromatic hydroxyl groups is 1. The lowest BCUT2D eigenvalue weighted by molar-refractivity contribution is -0.135. The predicted octanol–water partition coefficient (Wildman–Crippen LogP) is 1.14. The molecule has 7 nitrogen and oxygen atoms in total. The SMILES string of the molecule is [2H]OC(=O)CN([2H])C(=O)c1ncc(-c2cccc(C#N)c2)cc1O. The van der Waals surface area contributed by atoms with E-state index < -0.39 is 29.9 Å². The molecule has 0 spiro atoms. The van der Waals surface area contributed by atoms with Gasteiger partial charge in [0.25, 0.3) is 7.34 Å². The fraction of sp³-hybridized carbons (Fsp3) is 0.0667. The van der Waals surface area contributed by atoms with Gasteiger partial charge in [-0.05, 0) is 23.8 Å². The Labute approximate surface area is 128 Å². The molecule has 0 aliphatic rings. The number of aromatic nitrogens is 1. The number of amides is 1. The van der Waals surface area contributed by atoms with Crippen molar-refractivity contribution >= 4 is 11.9 Å². The average Bonchev–Trinajstić information content (AvgIpc) is 2.60. The Morgan fingerprint density at radius 1 is 1.41 bits per heavy atom. The van der Waals surface area contributed by atoms with E-state index in [2.05, 4.69) is 10.1 Å². The molecule has 2 rings (SSSR count). The first-order valence-electron chi connectivity index (χ1n) is 6.98. The third-order valence-corrected chi connectivity index (χ3v) is 2.75. The molecule has 1 aromatic carbocycles. The van der Waals surface area contributed by atoms with Gasteiger partial charge in [0.2, 0.25) is 0 Å². The largest absolute Gasteiger partial charge is 0.505 e. The topological polar surface area (TPSA) is 123 Å². The summed E-state index contributed by atoms with van der Waals surface area (Å²) in [6, 6.07) is 9.86. The van der Waals surface area contributed by atoms with E-state index in [0.717, 1.165) is 0 Å². The number of carbonyl (C=O) groups is 2. The molecule has 0 aliphatic carbocycles. The van der Waals surface area contributed by atoms with Crippen LogP contribution < -0.4 is 5.31 Å². The summed E-state index contributed by atoms with van der Waals surface area (Å²) in [6.07, 6.45) is 1.31. The number of carbonyl (C=O) groups excluding carboxylic acids is 1. The zero-order chi connectivity index (χ0) is 17.7. The third kappa shape index (κ3) is 3.37. The summed E-state index contributed by atoms with van der Waals surface area (Å²) < 4.78 is 13.8. The van der Waals surface area contributed by atoms with E-state index >= 15 is 0 Å². The number of benzene rings is 1. The van der Waals surface area contributed by atoms with E-state index in [1.165, 1.54) is 12.3 Å². The van der Waals surface area contributed by atoms with E-state index in [0.29, 0.717) is 16.7 Å². The summed E-state index contributed by atoms with van der Waals surface area (Å²) in [7, 11) is 0. The Morgan fingerprint density at radius 3 is 2.91 bits per heavy atom. The second kappa shape index (κ2) is 6.37. The van der Waals surface area contributed by atoms with Gasteiger partial charge >= 0.3 is 5.97 Å². The molecule has 0 saturated carbocycles. The summed E-state index contributed by atoms with van der Waals surface area (Å²) in [5.74, 6) is -2.59. The van der Waals surface area contributed by atoms with Crippen molar-refractivity contribution in [1.82, 2.24) is 10.3 Å². The van der Waals surface area contributed by atoms with Crippen molar-refractivity contribution in [1.29, 1.82) is 6.69 Å². The summed E-state index contributed by atoms with van der Waals surface area (Å²) in [4.78, 5) is 26.7. The van der Waals surface area contributed by atoms with Crippen molar-refractivity contribution in [3.05, 3.63) is 47.8 Å². The summed E-state index contributed by atoms with van der Waals surface area (Å²) >= 11 is 0. The lowest BCUT2D eigenvalue weighted by Gasteiger charge is -2.07. The van der Waals surface area contributed by atoms with Crippen LogP contribution in [0.3, 0.4) is 0 Å². The third-order valence-electron chi connectivity index (χ3n) is 2.75. The molecule has 0 atom stereocenters. The molecule has 1 aromatic heterocycles. The lowest BCUT2D eigenvalue weighted by Crippen LogP contribution is -2.29. The maximum Gasteiger partial charge on any atom is 0.322 e. The van der Waals surface area contributed by atoms with Crippen LogP contribution in [0.2, 0.25) is 1.41 Å². The van der Waals surface area contributed by atoms with Crippen LogP contribution >= 0.6 is 0 Å². The van der Waals surface area contributed by atoms with Crippen molar-refractivity contribution in [3.63, 3.8) is 0 Å². The highest BCUT2D eigenvalue weighted by Gasteiger charge is 2.15. The van der Waals surface area contributed by atoms with Crippen molar-refractivity contribution in [2.45, 2.75) is 0 Å². The molecular weight excluding hydrogens is 286 g/mol. The van der Waals surface area contributed by atoms with Crippen LogP contribution in [-0.2, 0) is 4.79 Å². The molecule has 0 bridgehead atoms. The molecule has 0 unspecified atom stereocenters. The van der Waals surface area contributed by atoms with Crippen LogP contribution in [0, 0.1) is 11.3 Å². The van der Waals surface area contributed by atoms with Crippen LogP contribution in [-0.4, -0.2) is 33.6 Å². The predicted molar refractivity (Wildman–Crippen MR) is 76.0 cm³/mol. The van der Waals surface area contributed by atoms with Crippen LogP contribution in [0.5, 0.6) is 5.75 Å². The second-order valence-corrected chi connectivity index (χ2v) is 4.28. The van der Waals surface area contributed by atoms with Gasteiger partial charge in [-0.25, -0.2) is 4.98 Å². The van der Waals surface area contributed by atoms with E-state index in [9.17, 15) is 14.7 Å². The van der Waals surface area contributed by atoms with Gasteiger partial charge in [-0.1, -0.05) is 12.1 Å². The molecule has 22 heavy (non-hydrogen) atoms. The fourth-order valence-electron chi connectivity index (χ4n) is 1.76. The Hall–Kier alpha value is -3.40. The molecule has 1 amide bonds. The number of hydrogen-bond donors (Lipinski definition) is 3. The van der Waals surface area contributed by atoms with Crippen molar-refractivity contribution in [2.24, 2.45) is 0 Å². The zero-order valence-electron chi connectivity index (χ0n) is 13.2. The van der Waals surface area contributed by atoms with Crippen LogP contribution in [0.1, 0.15) is 16.1 Å². The van der Waals surface area contributed by atoms with Crippen molar-refractivity contribution in [3.8, 4) is 22.9 Å². The minimum Gasteiger partial charge on any atom is -0.505 e. The highest BCUT2D eigenvalue weighted by atomic mass is 16.4. The minimum atomic E-state index is -1.09. The highest BCUT2D eigenvalue weighted by Crippen LogP contribution is 2.25. The average molecular weight is 299 g/mol. The van der Waals surface area contributed by atoms with E-state index in [4.69, 9.17) is 8.10 Å². The van der Waals surface area contributed by atoms with Gasteiger partial charge in [0.15, 0.2) is 7.11 Å². The van der Waals surface area contributed by atoms with Gasteiger partial charge in [-0.2, -0.15) is 5.26 Å². The first-order chi connectivity index (χ1) is 11.5. The minimum absolute atomic E-state index is 0.231. The molecule has 2 aromatic rings. The number of hydrogen-bond acceptors (Lipinski definition) is 6. The molecule has 0 saturated heterocycles. The van der Waals surface area contributed by atoms with E-state index in [-0.39, 0.29) is 5.31 Å². The smallest absolute Gasteiger partial charge is 0.322 e. The summed E-state index contributed by atoms with van der Waals surface area (Å²) in [5, 5.41) is 22.7. The van der Waals surface area contributed by atoms with E-state index in [1.54, 1.807) is 24.3 Å².